The molecule has 0 aliphatic rings. The number of hydrazine groups is 1. The van der Waals surface area contributed by atoms with Crippen LogP contribution in [0, 0.1) is 0 Å². The van der Waals surface area contributed by atoms with Gasteiger partial charge in [-0.15, -0.1) is 4.41 Å². The zero-order valence-electron chi connectivity index (χ0n) is 19.9. The molecule has 0 saturated heterocycles. The molecule has 1 N–H and O–H groups in total. The minimum atomic E-state index is -5.42. The van der Waals surface area contributed by atoms with Crippen molar-refractivity contribution in [2.45, 2.75) is 30.9 Å². The number of halogens is 13. The predicted octanol–water partition coefficient (Wildman–Crippen LogP) is 8.18. The van der Waals surface area contributed by atoms with Crippen LogP contribution in [0.2, 0.25) is 15.1 Å². The van der Waals surface area contributed by atoms with Gasteiger partial charge in [0, 0.05) is 12.6 Å². The van der Waals surface area contributed by atoms with Crippen LogP contribution in [0.1, 0.15) is 39.4 Å². The first-order valence-corrected chi connectivity index (χ1v) is 13.3. The van der Waals surface area contributed by atoms with Crippen LogP contribution >= 0.6 is 34.8 Å². The zero-order valence-corrected chi connectivity index (χ0v) is 23.0. The number of allylic oxidation sites excluding steroid dienone is 1. The molecule has 2 aromatic carbocycles. The summed E-state index contributed by atoms with van der Waals surface area (Å²) in [6.07, 6.45) is -17.4. The molecule has 2 rings (SSSR count). The summed E-state index contributed by atoms with van der Waals surface area (Å²) in [5.41, 5.74) is -3.49. The van der Waals surface area contributed by atoms with E-state index in [4.69, 9.17) is 34.8 Å². The second-order valence-electron chi connectivity index (χ2n) is 8.18. The number of carbonyl (C=O) groups is 1. The van der Waals surface area contributed by atoms with Crippen LogP contribution in [0.4, 0.5) is 43.9 Å². The number of carbonyl (C=O) groups excluding carboxylic acids is 1. The molecule has 5 nitrogen and oxygen atoms in total. The summed E-state index contributed by atoms with van der Waals surface area (Å²) in [7, 11) is -4.28. The van der Waals surface area contributed by atoms with Crippen LogP contribution in [0.25, 0.3) is 5.83 Å². The van der Waals surface area contributed by atoms with Crippen molar-refractivity contribution in [2.24, 2.45) is 0 Å². The third-order valence-electron chi connectivity index (χ3n) is 5.20. The van der Waals surface area contributed by atoms with Crippen molar-refractivity contribution >= 4 is 56.6 Å². The maximum Gasteiger partial charge on any atom is 0.417 e. The lowest BCUT2D eigenvalue weighted by molar-refractivity contribution is -0.140. The smallest absolute Gasteiger partial charge is 0.271 e. The van der Waals surface area contributed by atoms with E-state index < -0.39 is 90.7 Å². The molecule has 41 heavy (non-hydrogen) atoms. The maximum absolute atomic E-state index is 15.0. The molecule has 228 valence electrons. The van der Waals surface area contributed by atoms with E-state index in [1.165, 1.54) is 5.43 Å². The quantitative estimate of drug-likeness (QED) is 0.174. The normalized spacial score (nSPS) is 14.4. The van der Waals surface area contributed by atoms with E-state index in [1.54, 1.807) is 0 Å². The van der Waals surface area contributed by atoms with Gasteiger partial charge in [-0.2, -0.15) is 39.5 Å². The molecular formula is C22H15Cl3F10N2O3S. The van der Waals surface area contributed by atoms with Gasteiger partial charge >= 0.3 is 18.5 Å². The van der Waals surface area contributed by atoms with Crippen LogP contribution < -0.4 is 5.43 Å². The van der Waals surface area contributed by atoms with E-state index >= 15 is 0 Å². The lowest BCUT2D eigenvalue weighted by Gasteiger charge is -2.21. The Morgan fingerprint density at radius 1 is 0.976 bits per heavy atom. The van der Waals surface area contributed by atoms with Gasteiger partial charge in [-0.3, -0.25) is 10.2 Å². The highest BCUT2D eigenvalue weighted by Gasteiger charge is 2.41. The molecule has 2 aromatic rings. The number of amides is 1. The number of benzene rings is 2. The number of hydrogen-bond donors (Lipinski definition) is 1. The predicted molar refractivity (Wildman–Crippen MR) is 130 cm³/mol. The standard InChI is InChI=1S/C22H15Cl3F10N2O3S/c1-37(41(39,40)5-4-20(27,28)29)36-19(38)12-3-2-10(6-14(12)22(33,34)35)17(26)9-13(21(30,31)32)11-7-15(23)18(25)16(24)8-11/h2-3,6-9,13H,4-5H2,1H3,(H,36,38). The summed E-state index contributed by atoms with van der Waals surface area (Å²) in [6, 6.07) is 2.30. The topological polar surface area (TPSA) is 66.5 Å². The van der Waals surface area contributed by atoms with Crippen molar-refractivity contribution in [3.8, 4) is 0 Å². The van der Waals surface area contributed by atoms with Crippen molar-refractivity contribution < 1.29 is 57.1 Å². The summed E-state index contributed by atoms with van der Waals surface area (Å²) in [5.74, 6) is -7.88. The molecule has 0 fully saturated rings. The summed E-state index contributed by atoms with van der Waals surface area (Å²) in [5, 5.41) is -1.14. The minimum absolute atomic E-state index is 0.00580. The van der Waals surface area contributed by atoms with E-state index in [0.29, 0.717) is 19.2 Å². The van der Waals surface area contributed by atoms with Gasteiger partial charge in [0.2, 0.25) is 10.0 Å². The fraction of sp³-hybridized carbons (Fsp3) is 0.318. The molecule has 1 atom stereocenters. The van der Waals surface area contributed by atoms with E-state index in [9.17, 15) is 57.1 Å². The third kappa shape index (κ3) is 9.36. The molecule has 0 radical (unpaired) electrons. The van der Waals surface area contributed by atoms with Gasteiger partial charge in [-0.25, -0.2) is 12.8 Å². The van der Waals surface area contributed by atoms with Gasteiger partial charge in [-0.05, 0) is 35.9 Å². The number of hydrogen-bond acceptors (Lipinski definition) is 3. The molecule has 0 aliphatic heterocycles. The molecule has 0 aromatic heterocycles. The lowest BCUT2D eigenvalue weighted by Crippen LogP contribution is -2.45. The Bertz CT molecular complexity index is 1420. The van der Waals surface area contributed by atoms with Crippen LogP contribution in [0.15, 0.2) is 36.4 Å². The highest BCUT2D eigenvalue weighted by molar-refractivity contribution is 7.89. The Labute approximate surface area is 240 Å². The van der Waals surface area contributed by atoms with Crippen molar-refractivity contribution in [1.29, 1.82) is 0 Å². The zero-order chi connectivity index (χ0) is 31.7. The Hall–Kier alpha value is -2.27. The number of sulfonamides is 1. The highest BCUT2D eigenvalue weighted by Crippen LogP contribution is 2.43. The summed E-state index contributed by atoms with van der Waals surface area (Å²) in [6.45, 7) is 0. The Morgan fingerprint density at radius 3 is 1.98 bits per heavy atom. The van der Waals surface area contributed by atoms with Crippen molar-refractivity contribution in [2.75, 3.05) is 12.8 Å². The monoisotopic (exact) mass is 682 g/mol. The fourth-order valence-electron chi connectivity index (χ4n) is 3.16. The van der Waals surface area contributed by atoms with E-state index in [-0.39, 0.29) is 21.6 Å². The minimum Gasteiger partial charge on any atom is -0.271 e. The lowest BCUT2D eigenvalue weighted by atomic mass is 9.95. The second kappa shape index (κ2) is 12.5. The van der Waals surface area contributed by atoms with Crippen molar-refractivity contribution in [3.05, 3.63) is 73.7 Å². The average Bonchev–Trinajstić information content (AvgIpc) is 2.82. The Morgan fingerprint density at radius 2 is 1.51 bits per heavy atom. The number of nitrogens with one attached hydrogen (secondary N) is 1. The summed E-state index contributed by atoms with van der Waals surface area (Å²) < 4.78 is 158. The van der Waals surface area contributed by atoms with Crippen molar-refractivity contribution in [1.82, 2.24) is 9.84 Å². The van der Waals surface area contributed by atoms with Gasteiger partial charge < -0.3 is 0 Å². The van der Waals surface area contributed by atoms with E-state index in [2.05, 4.69) is 0 Å². The SMILES string of the molecule is CN(NC(=O)c1ccc(C(F)=CC(c2cc(Cl)c(Cl)c(Cl)c2)C(F)(F)F)cc1C(F)(F)F)S(=O)(=O)CCC(F)(F)F. The van der Waals surface area contributed by atoms with Gasteiger partial charge in [0.25, 0.3) is 5.91 Å². The van der Waals surface area contributed by atoms with Gasteiger partial charge in [0.1, 0.15) is 11.7 Å². The molecule has 0 aliphatic carbocycles. The number of nitrogens with zero attached hydrogens (tertiary/aromatic N) is 1. The van der Waals surface area contributed by atoms with Gasteiger partial charge in [0.15, 0.2) is 0 Å². The van der Waals surface area contributed by atoms with E-state index in [1.807, 2.05) is 0 Å². The Balaban J connectivity index is 2.49. The molecule has 0 bridgehead atoms. The summed E-state index contributed by atoms with van der Waals surface area (Å²) in [4.78, 5) is 12.4. The molecule has 0 heterocycles. The molecule has 1 unspecified atom stereocenters. The molecule has 19 heteroatoms. The van der Waals surface area contributed by atoms with Gasteiger partial charge in [0.05, 0.1) is 38.4 Å². The number of alkyl halides is 9. The third-order valence-corrected chi connectivity index (χ3v) is 8.04. The van der Waals surface area contributed by atoms with Gasteiger partial charge in [-0.1, -0.05) is 40.9 Å². The van der Waals surface area contributed by atoms with Crippen LogP contribution in [-0.4, -0.2) is 43.9 Å². The molecule has 0 spiro atoms. The molecular weight excluding hydrogens is 669 g/mol. The van der Waals surface area contributed by atoms with Crippen molar-refractivity contribution in [3.63, 3.8) is 0 Å². The Kier molecular flexibility index (Phi) is 10.7. The van der Waals surface area contributed by atoms with Crippen LogP contribution in [-0.2, 0) is 16.2 Å². The van der Waals surface area contributed by atoms with Crippen LogP contribution in [0.3, 0.4) is 0 Å². The molecule has 0 saturated carbocycles. The average molecular weight is 684 g/mol. The molecule has 1 amide bonds. The van der Waals surface area contributed by atoms with E-state index in [0.717, 1.165) is 12.1 Å². The fourth-order valence-corrected chi connectivity index (χ4v) is 4.75. The first-order valence-electron chi connectivity index (χ1n) is 10.6. The highest BCUT2D eigenvalue weighted by atomic mass is 35.5. The maximum atomic E-state index is 15.0. The summed E-state index contributed by atoms with van der Waals surface area (Å²) >= 11 is 17.2. The van der Waals surface area contributed by atoms with Crippen LogP contribution in [0.5, 0.6) is 0 Å². The largest absolute Gasteiger partial charge is 0.417 e. The number of rotatable bonds is 8. The second-order valence-corrected chi connectivity index (χ2v) is 11.5. The first-order chi connectivity index (χ1) is 18.4. The first kappa shape index (κ1) is 34.9.